The topological polar surface area (TPSA) is 9.23 Å². The maximum atomic E-state index is 14.2. The molecule has 0 aromatic heterocycles. The Morgan fingerprint density at radius 2 is 0.850 bits per heavy atom. The normalized spacial score (nSPS) is 15.3. The molecule has 0 saturated carbocycles. The molecule has 0 spiro atoms. The molecule has 0 aliphatic carbocycles. The van der Waals surface area contributed by atoms with Gasteiger partial charge in [-0.1, -0.05) is 31.9 Å². The molecular formula is C17H4Br2F20O. The SMILES string of the molecule is FC(Oc1c(F)c(CBr)c(F)c(CBr)c1F)=C(F)C(F)(F)C(F)(F)C(F)(F)C(F)(F)C(F)(F)C(F)(F)C(F)(F)F. The molecule has 0 N–H and O–H groups in total. The van der Waals surface area contributed by atoms with Crippen LogP contribution >= 0.6 is 31.9 Å². The Morgan fingerprint density at radius 3 is 1.18 bits per heavy atom. The molecule has 0 aliphatic rings. The fraction of sp³-hybridized carbons (Fsp3) is 0.529. The van der Waals surface area contributed by atoms with Crippen LogP contribution in [-0.2, 0) is 10.7 Å². The van der Waals surface area contributed by atoms with Crippen LogP contribution in [0.4, 0.5) is 87.8 Å². The zero-order valence-electron chi connectivity index (χ0n) is 17.6. The monoisotopic (exact) mass is 762 g/mol. The van der Waals surface area contributed by atoms with Crippen LogP contribution in [0.15, 0.2) is 11.8 Å². The van der Waals surface area contributed by atoms with Crippen LogP contribution in [0.1, 0.15) is 11.1 Å². The summed E-state index contributed by atoms with van der Waals surface area (Å²) in [6.07, 6.45) is -7.88. The summed E-state index contributed by atoms with van der Waals surface area (Å²) < 4.78 is 271. The van der Waals surface area contributed by atoms with Gasteiger partial charge in [0.15, 0.2) is 11.6 Å². The van der Waals surface area contributed by atoms with Crippen LogP contribution in [0.2, 0.25) is 0 Å². The maximum absolute atomic E-state index is 14.2. The molecule has 0 aliphatic heterocycles. The van der Waals surface area contributed by atoms with Gasteiger partial charge in [-0.3, -0.25) is 0 Å². The van der Waals surface area contributed by atoms with Crippen LogP contribution in [0.5, 0.6) is 5.75 Å². The van der Waals surface area contributed by atoms with Crippen molar-refractivity contribution in [1.82, 2.24) is 0 Å². The summed E-state index contributed by atoms with van der Waals surface area (Å²) in [5.74, 6) is -64.8. The third-order valence-corrected chi connectivity index (χ3v) is 5.81. The van der Waals surface area contributed by atoms with E-state index in [2.05, 4.69) is 36.6 Å². The molecule has 1 aromatic rings. The van der Waals surface area contributed by atoms with E-state index < -0.39 is 98.5 Å². The van der Waals surface area contributed by atoms with Gasteiger partial charge in [-0.2, -0.15) is 74.6 Å². The van der Waals surface area contributed by atoms with Crippen LogP contribution in [0.3, 0.4) is 0 Å². The second-order valence-electron chi connectivity index (χ2n) is 7.13. The van der Waals surface area contributed by atoms with Gasteiger partial charge in [-0.15, -0.1) is 0 Å². The average molecular weight is 764 g/mol. The number of alkyl halides is 17. The van der Waals surface area contributed by atoms with Gasteiger partial charge < -0.3 is 4.74 Å². The molecule has 0 heterocycles. The summed E-state index contributed by atoms with van der Waals surface area (Å²) in [7, 11) is 0. The third-order valence-electron chi connectivity index (χ3n) is 4.69. The predicted molar refractivity (Wildman–Crippen MR) is 97.2 cm³/mol. The molecule has 0 unspecified atom stereocenters. The van der Waals surface area contributed by atoms with E-state index in [4.69, 9.17) is 0 Å². The van der Waals surface area contributed by atoms with E-state index in [9.17, 15) is 87.8 Å². The lowest BCUT2D eigenvalue weighted by molar-refractivity contribution is -0.451. The Morgan fingerprint density at radius 1 is 0.525 bits per heavy atom. The zero-order valence-corrected chi connectivity index (χ0v) is 20.8. The molecule has 232 valence electrons. The van der Waals surface area contributed by atoms with Gasteiger partial charge >= 0.3 is 47.7 Å². The van der Waals surface area contributed by atoms with Crippen molar-refractivity contribution in [2.75, 3.05) is 0 Å². The molecule has 0 bridgehead atoms. The lowest BCUT2D eigenvalue weighted by atomic mass is 9.91. The highest BCUT2D eigenvalue weighted by atomic mass is 79.9. The molecule has 23 heteroatoms. The predicted octanol–water partition coefficient (Wildman–Crippen LogP) is 9.75. The number of allylic oxidation sites excluding steroid dienone is 1. The van der Waals surface area contributed by atoms with Crippen LogP contribution in [0.25, 0.3) is 0 Å². The number of ether oxygens (including phenoxy) is 1. The second kappa shape index (κ2) is 10.9. The van der Waals surface area contributed by atoms with Gasteiger partial charge in [-0.25, -0.2) is 13.2 Å². The molecule has 0 amide bonds. The van der Waals surface area contributed by atoms with Crippen LogP contribution in [0, 0.1) is 17.5 Å². The molecular weight excluding hydrogens is 760 g/mol. The van der Waals surface area contributed by atoms with Crippen molar-refractivity contribution < 1.29 is 92.5 Å². The van der Waals surface area contributed by atoms with Crippen molar-refractivity contribution in [2.24, 2.45) is 0 Å². The lowest BCUT2D eigenvalue weighted by Crippen LogP contribution is -2.72. The van der Waals surface area contributed by atoms with Crippen molar-refractivity contribution in [2.45, 2.75) is 52.4 Å². The number of rotatable bonds is 10. The number of benzene rings is 1. The fourth-order valence-corrected chi connectivity index (χ4v) is 3.42. The fourth-order valence-electron chi connectivity index (χ4n) is 2.43. The Kier molecular flexibility index (Phi) is 9.87. The highest BCUT2D eigenvalue weighted by molar-refractivity contribution is 9.08. The highest BCUT2D eigenvalue weighted by Gasteiger charge is 2.93. The standard InChI is InChI=1S/C17H4Br2F20O/c18-1-3-5(20)4(2-19)7(22)8(6(3)21)40-10(24)9(23)11(25,26)12(27,28)13(29,30)14(31,32)15(33,34)16(35,36)17(37,38)39/h1-2H2. The Balaban J connectivity index is 3.79. The third kappa shape index (κ3) is 5.09. The largest absolute Gasteiger partial charge is 0.460 e. The first-order valence-corrected chi connectivity index (χ1v) is 11.2. The molecule has 40 heavy (non-hydrogen) atoms. The molecule has 0 radical (unpaired) electrons. The zero-order chi connectivity index (χ0) is 32.2. The minimum atomic E-state index is -8.80. The van der Waals surface area contributed by atoms with E-state index in [1.54, 1.807) is 0 Å². The van der Waals surface area contributed by atoms with Crippen molar-refractivity contribution >= 4 is 31.9 Å². The molecule has 1 nitrogen and oxygen atoms in total. The number of hydrogen-bond donors (Lipinski definition) is 0. The van der Waals surface area contributed by atoms with E-state index >= 15 is 0 Å². The highest BCUT2D eigenvalue weighted by Crippen LogP contribution is 2.63. The van der Waals surface area contributed by atoms with E-state index in [0.29, 0.717) is 0 Å². The van der Waals surface area contributed by atoms with Crippen molar-refractivity contribution in [1.29, 1.82) is 0 Å². The number of halogens is 22. The summed E-state index contributed by atoms with van der Waals surface area (Å²) in [5.41, 5.74) is -2.68. The van der Waals surface area contributed by atoms with E-state index in [1.165, 1.54) is 0 Å². The van der Waals surface area contributed by atoms with Crippen LogP contribution < -0.4 is 4.74 Å². The van der Waals surface area contributed by atoms with Gasteiger partial charge in [-0.05, 0) is 0 Å². The smallest absolute Gasteiger partial charge is 0.423 e. The molecule has 0 atom stereocenters. The van der Waals surface area contributed by atoms with Gasteiger partial charge in [0, 0.05) is 21.8 Å². The minimum absolute atomic E-state index is 0.971. The van der Waals surface area contributed by atoms with Crippen molar-refractivity contribution in [3.05, 3.63) is 40.4 Å². The molecule has 1 aromatic carbocycles. The molecule has 0 fully saturated rings. The van der Waals surface area contributed by atoms with Gasteiger partial charge in [0.05, 0.1) is 0 Å². The molecule has 1 rings (SSSR count). The van der Waals surface area contributed by atoms with Crippen LogP contribution in [-0.4, -0.2) is 41.7 Å². The maximum Gasteiger partial charge on any atom is 0.460 e. The van der Waals surface area contributed by atoms with Gasteiger partial charge in [0.2, 0.25) is 11.6 Å². The number of hydrogen-bond acceptors (Lipinski definition) is 1. The summed E-state index contributed by atoms with van der Waals surface area (Å²) >= 11 is 4.81. The van der Waals surface area contributed by atoms with Crippen molar-refractivity contribution in [3.8, 4) is 5.75 Å². The van der Waals surface area contributed by atoms with Gasteiger partial charge in [0.25, 0.3) is 0 Å². The second-order valence-corrected chi connectivity index (χ2v) is 8.25. The van der Waals surface area contributed by atoms with E-state index in [0.717, 1.165) is 0 Å². The summed E-state index contributed by atoms with van der Waals surface area (Å²) in [6.45, 7) is 0. The quantitative estimate of drug-likeness (QED) is 0.131. The Bertz CT molecular complexity index is 1120. The average Bonchev–Trinajstić information content (AvgIpc) is 2.80. The minimum Gasteiger partial charge on any atom is -0.423 e. The first kappa shape index (κ1) is 36.3. The Hall–Kier alpha value is -1.68. The van der Waals surface area contributed by atoms with E-state index in [-0.39, 0.29) is 0 Å². The summed E-state index contributed by atoms with van der Waals surface area (Å²) in [5, 5.41) is -1.94. The first-order valence-electron chi connectivity index (χ1n) is 8.93. The van der Waals surface area contributed by atoms with Crippen molar-refractivity contribution in [3.63, 3.8) is 0 Å². The summed E-state index contributed by atoms with van der Waals surface area (Å²) in [4.78, 5) is 0. The summed E-state index contributed by atoms with van der Waals surface area (Å²) in [6, 6.07) is -4.08. The lowest BCUT2D eigenvalue weighted by Gasteiger charge is -2.41. The van der Waals surface area contributed by atoms with E-state index in [1.807, 2.05) is 0 Å². The Labute approximate surface area is 223 Å². The van der Waals surface area contributed by atoms with Gasteiger partial charge in [0.1, 0.15) is 5.82 Å². The first-order chi connectivity index (χ1) is 17.6. The molecule has 0 saturated heterocycles.